The number of hydrogen-bond acceptors (Lipinski definition) is 2. The van der Waals surface area contributed by atoms with Gasteiger partial charge in [-0.05, 0) is 36.9 Å². The summed E-state index contributed by atoms with van der Waals surface area (Å²) in [5, 5.41) is 9.27. The van der Waals surface area contributed by atoms with E-state index < -0.39 is 5.97 Å². The van der Waals surface area contributed by atoms with Crippen molar-refractivity contribution in [3.63, 3.8) is 0 Å². The van der Waals surface area contributed by atoms with Crippen LogP contribution in [0.25, 0.3) is 0 Å². The number of likely N-dealkylation sites (tertiary alicyclic amines) is 1. The lowest BCUT2D eigenvalue weighted by Crippen LogP contribution is -2.47. The third-order valence-electron chi connectivity index (χ3n) is 4.31. The van der Waals surface area contributed by atoms with Crippen molar-refractivity contribution in [3.05, 3.63) is 35.4 Å². The Morgan fingerprint density at radius 1 is 1.33 bits per heavy atom. The molecule has 0 aromatic heterocycles. The average Bonchev–Trinajstić information content (AvgIpc) is 2.36. The number of carbonyl (C=O) groups is 1. The standard InChI is InChI=1S/C15H19NO2/c17-15(18)14-7-3-4-8-16(14)10-12-9-11-5-1-2-6-13(11)12/h1-2,5-6,12,14H,3-4,7-10H2,(H,17,18). The van der Waals surface area contributed by atoms with E-state index in [-0.39, 0.29) is 6.04 Å². The van der Waals surface area contributed by atoms with E-state index in [1.807, 2.05) is 0 Å². The molecule has 96 valence electrons. The number of hydrogen-bond donors (Lipinski definition) is 1. The van der Waals surface area contributed by atoms with Crippen molar-refractivity contribution in [2.75, 3.05) is 13.1 Å². The molecule has 0 bridgehead atoms. The van der Waals surface area contributed by atoms with Crippen LogP contribution in [0, 0.1) is 0 Å². The van der Waals surface area contributed by atoms with Gasteiger partial charge in [-0.25, -0.2) is 0 Å². The Balaban J connectivity index is 1.68. The number of carboxylic acids is 1. The van der Waals surface area contributed by atoms with Crippen LogP contribution >= 0.6 is 0 Å². The van der Waals surface area contributed by atoms with Crippen LogP contribution in [0.4, 0.5) is 0 Å². The molecular weight excluding hydrogens is 226 g/mol. The van der Waals surface area contributed by atoms with E-state index in [1.165, 1.54) is 11.1 Å². The predicted molar refractivity (Wildman–Crippen MR) is 69.7 cm³/mol. The van der Waals surface area contributed by atoms with E-state index in [4.69, 9.17) is 0 Å². The first kappa shape index (κ1) is 11.7. The van der Waals surface area contributed by atoms with Crippen LogP contribution in [0.5, 0.6) is 0 Å². The van der Waals surface area contributed by atoms with Crippen LogP contribution in [0.1, 0.15) is 36.3 Å². The van der Waals surface area contributed by atoms with Gasteiger partial charge in [-0.1, -0.05) is 30.7 Å². The molecule has 3 heteroatoms. The second-order valence-electron chi connectivity index (χ2n) is 5.44. The number of nitrogens with zero attached hydrogens (tertiary/aromatic N) is 1. The van der Waals surface area contributed by atoms with Crippen LogP contribution in [0.3, 0.4) is 0 Å². The molecule has 2 aliphatic rings. The maximum Gasteiger partial charge on any atom is 0.320 e. The van der Waals surface area contributed by atoms with Crippen molar-refractivity contribution in [1.82, 2.24) is 4.90 Å². The van der Waals surface area contributed by atoms with Crippen LogP contribution < -0.4 is 0 Å². The Morgan fingerprint density at radius 2 is 2.17 bits per heavy atom. The minimum atomic E-state index is -0.651. The molecule has 18 heavy (non-hydrogen) atoms. The maximum atomic E-state index is 11.3. The van der Waals surface area contributed by atoms with E-state index in [9.17, 15) is 9.90 Å². The molecule has 1 aliphatic carbocycles. The van der Waals surface area contributed by atoms with Gasteiger partial charge in [-0.3, -0.25) is 9.69 Å². The lowest BCUT2D eigenvalue weighted by atomic mass is 9.77. The molecule has 0 spiro atoms. The molecule has 3 nitrogen and oxygen atoms in total. The van der Waals surface area contributed by atoms with Crippen LogP contribution in [0.2, 0.25) is 0 Å². The number of rotatable bonds is 3. The quantitative estimate of drug-likeness (QED) is 0.888. The van der Waals surface area contributed by atoms with E-state index in [0.717, 1.165) is 38.8 Å². The minimum Gasteiger partial charge on any atom is -0.480 e. The summed E-state index contributed by atoms with van der Waals surface area (Å²) in [6, 6.07) is 8.26. The molecule has 1 heterocycles. The summed E-state index contributed by atoms with van der Waals surface area (Å²) in [5.41, 5.74) is 2.86. The number of aliphatic carboxylic acids is 1. The highest BCUT2D eigenvalue weighted by Crippen LogP contribution is 2.36. The highest BCUT2D eigenvalue weighted by Gasteiger charge is 2.33. The molecule has 2 atom stereocenters. The minimum absolute atomic E-state index is 0.258. The Labute approximate surface area is 107 Å². The van der Waals surface area contributed by atoms with Crippen molar-refractivity contribution in [3.8, 4) is 0 Å². The molecule has 1 aromatic rings. The summed E-state index contributed by atoms with van der Waals surface area (Å²) in [4.78, 5) is 13.4. The smallest absolute Gasteiger partial charge is 0.320 e. The van der Waals surface area contributed by atoms with Gasteiger partial charge in [0.2, 0.25) is 0 Å². The van der Waals surface area contributed by atoms with Crippen molar-refractivity contribution in [2.24, 2.45) is 0 Å². The van der Waals surface area contributed by atoms with Gasteiger partial charge in [0.15, 0.2) is 0 Å². The molecule has 1 fully saturated rings. The van der Waals surface area contributed by atoms with Crippen LogP contribution in [0.15, 0.2) is 24.3 Å². The Morgan fingerprint density at radius 3 is 2.94 bits per heavy atom. The molecule has 1 aromatic carbocycles. The zero-order valence-corrected chi connectivity index (χ0v) is 10.5. The first-order valence-corrected chi connectivity index (χ1v) is 6.80. The molecule has 0 radical (unpaired) electrons. The molecule has 0 saturated carbocycles. The molecule has 0 amide bonds. The van der Waals surface area contributed by atoms with Gasteiger partial charge in [-0.15, -0.1) is 0 Å². The van der Waals surface area contributed by atoms with Crippen LogP contribution in [-0.2, 0) is 11.2 Å². The van der Waals surface area contributed by atoms with Crippen molar-refractivity contribution < 1.29 is 9.90 Å². The fourth-order valence-corrected chi connectivity index (χ4v) is 3.30. The largest absolute Gasteiger partial charge is 0.480 e. The van der Waals surface area contributed by atoms with Crippen molar-refractivity contribution in [1.29, 1.82) is 0 Å². The normalized spacial score (nSPS) is 27.3. The third kappa shape index (κ3) is 2.03. The number of piperidine rings is 1. The second kappa shape index (κ2) is 4.73. The summed E-state index contributed by atoms with van der Waals surface area (Å²) in [6.45, 7) is 1.85. The van der Waals surface area contributed by atoms with Gasteiger partial charge in [0, 0.05) is 12.5 Å². The summed E-state index contributed by atoms with van der Waals surface area (Å²) in [7, 11) is 0. The summed E-state index contributed by atoms with van der Waals surface area (Å²) < 4.78 is 0. The van der Waals surface area contributed by atoms with Crippen molar-refractivity contribution >= 4 is 5.97 Å². The van der Waals surface area contributed by atoms with Gasteiger partial charge in [0.05, 0.1) is 0 Å². The first-order valence-electron chi connectivity index (χ1n) is 6.80. The second-order valence-corrected chi connectivity index (χ2v) is 5.44. The van der Waals surface area contributed by atoms with E-state index in [0.29, 0.717) is 5.92 Å². The van der Waals surface area contributed by atoms with E-state index in [2.05, 4.69) is 29.2 Å². The summed E-state index contributed by atoms with van der Waals surface area (Å²) in [5.74, 6) is -0.108. The molecule has 1 N–H and O–H groups in total. The molecule has 3 rings (SSSR count). The topological polar surface area (TPSA) is 40.5 Å². The molecular formula is C15H19NO2. The highest BCUT2D eigenvalue weighted by atomic mass is 16.4. The van der Waals surface area contributed by atoms with Crippen molar-refractivity contribution in [2.45, 2.75) is 37.6 Å². The number of benzene rings is 1. The Kier molecular flexibility index (Phi) is 3.08. The van der Waals surface area contributed by atoms with Gasteiger partial charge in [0.1, 0.15) is 6.04 Å². The number of carboxylic acid groups (broad SMARTS) is 1. The van der Waals surface area contributed by atoms with E-state index >= 15 is 0 Å². The lowest BCUT2D eigenvalue weighted by Gasteiger charge is -2.39. The number of fused-ring (bicyclic) bond motifs is 1. The highest BCUT2D eigenvalue weighted by molar-refractivity contribution is 5.73. The Hall–Kier alpha value is -1.35. The summed E-state index contributed by atoms with van der Waals surface area (Å²) in [6.07, 6.45) is 4.11. The summed E-state index contributed by atoms with van der Waals surface area (Å²) >= 11 is 0. The third-order valence-corrected chi connectivity index (χ3v) is 4.31. The monoisotopic (exact) mass is 245 g/mol. The fraction of sp³-hybridized carbons (Fsp3) is 0.533. The van der Waals surface area contributed by atoms with Gasteiger partial charge < -0.3 is 5.11 Å². The Bertz CT molecular complexity index is 458. The fourth-order valence-electron chi connectivity index (χ4n) is 3.30. The molecule has 1 aliphatic heterocycles. The van der Waals surface area contributed by atoms with Crippen LogP contribution in [-0.4, -0.2) is 35.1 Å². The maximum absolute atomic E-state index is 11.3. The molecule has 1 saturated heterocycles. The zero-order chi connectivity index (χ0) is 12.5. The lowest BCUT2D eigenvalue weighted by molar-refractivity contribution is -0.144. The van der Waals surface area contributed by atoms with Gasteiger partial charge in [0.25, 0.3) is 0 Å². The SMILES string of the molecule is O=C(O)C1CCCCN1CC1Cc2ccccc21. The first-order chi connectivity index (χ1) is 8.75. The predicted octanol–water partition coefficient (Wildman–Crippen LogP) is 2.27. The molecule has 2 unspecified atom stereocenters. The zero-order valence-electron chi connectivity index (χ0n) is 10.5. The average molecular weight is 245 g/mol. The van der Waals surface area contributed by atoms with Gasteiger partial charge in [-0.2, -0.15) is 0 Å². The van der Waals surface area contributed by atoms with Gasteiger partial charge >= 0.3 is 5.97 Å². The van der Waals surface area contributed by atoms with E-state index in [1.54, 1.807) is 0 Å².